The molecule has 3 heteroatoms. The van der Waals surface area contributed by atoms with Gasteiger partial charge in [0.1, 0.15) is 17.3 Å². The van der Waals surface area contributed by atoms with Crippen LogP contribution in [-0.4, -0.2) is 17.4 Å². The molecule has 0 heterocycles. The summed E-state index contributed by atoms with van der Waals surface area (Å²) in [5, 5.41) is 0. The Hall–Kier alpha value is -0.860. The molecule has 3 nitrogen and oxygen atoms in total. The van der Waals surface area contributed by atoms with Gasteiger partial charge in [-0.1, -0.05) is 32.1 Å². The zero-order chi connectivity index (χ0) is 14.5. The Morgan fingerprint density at radius 2 is 1.47 bits per heavy atom. The highest BCUT2D eigenvalue weighted by Crippen LogP contribution is 2.26. The molecular formula is C16H28O3. The maximum atomic E-state index is 12.4. The molecule has 1 atom stereocenters. The molecule has 0 aromatic carbocycles. The topological polar surface area (TPSA) is 43.4 Å². The van der Waals surface area contributed by atoms with E-state index in [2.05, 4.69) is 0 Å². The van der Waals surface area contributed by atoms with Gasteiger partial charge in [-0.15, -0.1) is 0 Å². The molecule has 1 fully saturated rings. The summed E-state index contributed by atoms with van der Waals surface area (Å²) < 4.78 is 5.31. The van der Waals surface area contributed by atoms with Gasteiger partial charge in [0.2, 0.25) is 0 Å². The molecule has 1 aliphatic carbocycles. The lowest BCUT2D eigenvalue weighted by molar-refractivity contribution is -0.162. The minimum Gasteiger partial charge on any atom is -0.459 e. The zero-order valence-corrected chi connectivity index (χ0v) is 12.8. The van der Waals surface area contributed by atoms with Gasteiger partial charge in [-0.05, 0) is 40.5 Å². The van der Waals surface area contributed by atoms with Crippen molar-refractivity contribution in [1.82, 2.24) is 0 Å². The lowest BCUT2D eigenvalue weighted by Crippen LogP contribution is -2.34. The van der Waals surface area contributed by atoms with Crippen LogP contribution in [0, 0.1) is 11.8 Å². The quantitative estimate of drug-likeness (QED) is 0.576. The van der Waals surface area contributed by atoms with Crippen LogP contribution >= 0.6 is 0 Å². The lowest BCUT2D eigenvalue weighted by Gasteiger charge is -2.24. The van der Waals surface area contributed by atoms with Crippen molar-refractivity contribution < 1.29 is 14.3 Å². The summed E-state index contributed by atoms with van der Waals surface area (Å²) in [6, 6.07) is 0. The first-order valence-corrected chi connectivity index (χ1v) is 7.58. The molecule has 0 bridgehead atoms. The second kappa shape index (κ2) is 7.06. The van der Waals surface area contributed by atoms with Crippen LogP contribution in [0.25, 0.3) is 0 Å². The van der Waals surface area contributed by atoms with Crippen molar-refractivity contribution in [3.63, 3.8) is 0 Å². The third-order valence-electron chi connectivity index (χ3n) is 3.69. The molecule has 1 aliphatic rings. The highest BCUT2D eigenvalue weighted by Gasteiger charge is 2.31. The number of carbonyl (C=O) groups excluding carboxylic acids is 2. The van der Waals surface area contributed by atoms with E-state index in [4.69, 9.17) is 4.74 Å². The summed E-state index contributed by atoms with van der Waals surface area (Å²) in [5.41, 5.74) is -0.521. The molecule has 1 rings (SSSR count). The first kappa shape index (κ1) is 16.2. The standard InChI is InChI=1S/C16H28O3/c1-12(15(18)19-16(2,3)4)14(17)13-10-8-6-5-7-9-11-13/h12-13H,5-11H2,1-4H3. The lowest BCUT2D eigenvalue weighted by atomic mass is 9.84. The van der Waals surface area contributed by atoms with Gasteiger partial charge in [0.05, 0.1) is 0 Å². The largest absolute Gasteiger partial charge is 0.459 e. The molecule has 0 radical (unpaired) electrons. The van der Waals surface area contributed by atoms with E-state index >= 15 is 0 Å². The maximum Gasteiger partial charge on any atom is 0.316 e. The zero-order valence-electron chi connectivity index (χ0n) is 12.8. The van der Waals surface area contributed by atoms with Crippen LogP contribution in [0.3, 0.4) is 0 Å². The number of ketones is 1. The van der Waals surface area contributed by atoms with E-state index in [0.29, 0.717) is 0 Å². The van der Waals surface area contributed by atoms with Crippen LogP contribution in [-0.2, 0) is 14.3 Å². The summed E-state index contributed by atoms with van der Waals surface area (Å²) in [4.78, 5) is 24.3. The molecule has 0 aromatic heterocycles. The molecule has 1 unspecified atom stereocenters. The third-order valence-corrected chi connectivity index (χ3v) is 3.69. The van der Waals surface area contributed by atoms with Crippen LogP contribution in [0.2, 0.25) is 0 Å². The van der Waals surface area contributed by atoms with Crippen LogP contribution in [0.15, 0.2) is 0 Å². The van der Waals surface area contributed by atoms with Gasteiger partial charge in [0, 0.05) is 5.92 Å². The highest BCUT2D eigenvalue weighted by molar-refractivity contribution is 5.99. The Morgan fingerprint density at radius 1 is 1.00 bits per heavy atom. The molecule has 0 aliphatic heterocycles. The predicted molar refractivity (Wildman–Crippen MR) is 75.8 cm³/mol. The van der Waals surface area contributed by atoms with Gasteiger partial charge < -0.3 is 4.74 Å². The molecule has 110 valence electrons. The minimum atomic E-state index is -0.622. The van der Waals surface area contributed by atoms with Crippen LogP contribution in [0.1, 0.15) is 72.6 Å². The van der Waals surface area contributed by atoms with Gasteiger partial charge in [0.25, 0.3) is 0 Å². The highest BCUT2D eigenvalue weighted by atomic mass is 16.6. The van der Waals surface area contributed by atoms with Crippen molar-refractivity contribution in [2.45, 2.75) is 78.2 Å². The van der Waals surface area contributed by atoms with Crippen molar-refractivity contribution in [3.8, 4) is 0 Å². The molecule has 0 spiro atoms. The van der Waals surface area contributed by atoms with E-state index in [0.717, 1.165) is 25.7 Å². The Bertz CT molecular complexity index is 306. The number of hydrogen-bond donors (Lipinski definition) is 0. The van der Waals surface area contributed by atoms with Gasteiger partial charge in [-0.25, -0.2) is 0 Å². The number of rotatable bonds is 3. The van der Waals surface area contributed by atoms with E-state index in [-0.39, 0.29) is 17.7 Å². The number of ether oxygens (including phenoxy) is 1. The fraction of sp³-hybridized carbons (Fsp3) is 0.875. The number of Topliss-reactive ketones (excluding diaryl/α,β-unsaturated/α-hetero) is 1. The number of carbonyl (C=O) groups is 2. The van der Waals surface area contributed by atoms with E-state index < -0.39 is 11.5 Å². The Balaban J connectivity index is 2.56. The summed E-state index contributed by atoms with van der Waals surface area (Å²) in [5.74, 6) is -0.859. The van der Waals surface area contributed by atoms with Crippen molar-refractivity contribution in [2.24, 2.45) is 11.8 Å². The normalized spacial score (nSPS) is 20.2. The van der Waals surface area contributed by atoms with Gasteiger partial charge in [0.15, 0.2) is 0 Å². The smallest absolute Gasteiger partial charge is 0.316 e. The van der Waals surface area contributed by atoms with Crippen molar-refractivity contribution in [1.29, 1.82) is 0 Å². The summed E-state index contributed by atoms with van der Waals surface area (Å²) in [7, 11) is 0. The summed E-state index contributed by atoms with van der Waals surface area (Å²) >= 11 is 0. The van der Waals surface area contributed by atoms with Crippen molar-refractivity contribution in [2.75, 3.05) is 0 Å². The predicted octanol–water partition coefficient (Wildman–Crippen LogP) is 3.89. The van der Waals surface area contributed by atoms with Crippen LogP contribution in [0.5, 0.6) is 0 Å². The first-order chi connectivity index (χ1) is 8.81. The van der Waals surface area contributed by atoms with Gasteiger partial charge in [-0.2, -0.15) is 0 Å². The molecule has 0 N–H and O–H groups in total. The SMILES string of the molecule is CC(C(=O)OC(C)(C)C)C(=O)C1CCCCCCC1. The fourth-order valence-corrected chi connectivity index (χ4v) is 2.60. The van der Waals surface area contributed by atoms with Gasteiger partial charge in [-0.3, -0.25) is 9.59 Å². The molecule has 19 heavy (non-hydrogen) atoms. The Labute approximate surface area is 117 Å². The summed E-state index contributed by atoms with van der Waals surface area (Å²) in [6.07, 6.45) is 7.80. The Kier molecular flexibility index (Phi) is 6.02. The molecule has 1 saturated carbocycles. The van der Waals surface area contributed by atoms with E-state index in [1.165, 1.54) is 19.3 Å². The first-order valence-electron chi connectivity index (χ1n) is 7.58. The molecular weight excluding hydrogens is 240 g/mol. The number of hydrogen-bond acceptors (Lipinski definition) is 3. The van der Waals surface area contributed by atoms with Crippen molar-refractivity contribution in [3.05, 3.63) is 0 Å². The number of esters is 1. The molecule has 0 aromatic rings. The van der Waals surface area contributed by atoms with Crippen LogP contribution in [0.4, 0.5) is 0 Å². The average Bonchev–Trinajstić information content (AvgIpc) is 2.24. The minimum absolute atomic E-state index is 0.0582. The van der Waals surface area contributed by atoms with Gasteiger partial charge >= 0.3 is 5.97 Å². The molecule has 0 amide bonds. The average molecular weight is 268 g/mol. The fourth-order valence-electron chi connectivity index (χ4n) is 2.60. The second-order valence-corrected chi connectivity index (χ2v) is 6.70. The van der Waals surface area contributed by atoms with E-state index in [9.17, 15) is 9.59 Å². The van der Waals surface area contributed by atoms with Crippen LogP contribution < -0.4 is 0 Å². The third kappa shape index (κ3) is 5.75. The van der Waals surface area contributed by atoms with E-state index in [1.807, 2.05) is 20.8 Å². The summed E-state index contributed by atoms with van der Waals surface area (Å²) in [6.45, 7) is 7.18. The Morgan fingerprint density at radius 3 is 1.95 bits per heavy atom. The molecule has 0 saturated heterocycles. The van der Waals surface area contributed by atoms with Crippen molar-refractivity contribution >= 4 is 11.8 Å². The monoisotopic (exact) mass is 268 g/mol. The second-order valence-electron chi connectivity index (χ2n) is 6.70. The van der Waals surface area contributed by atoms with E-state index in [1.54, 1.807) is 6.92 Å². The maximum absolute atomic E-state index is 12.4.